The molecule has 0 saturated carbocycles. The first-order valence-electron chi connectivity index (χ1n) is 5.47. The van der Waals surface area contributed by atoms with Gasteiger partial charge in [-0.05, 0) is 12.1 Å². The van der Waals surface area contributed by atoms with Crippen LogP contribution in [0.1, 0.15) is 18.0 Å². The summed E-state index contributed by atoms with van der Waals surface area (Å²) in [6, 6.07) is 4.75. The van der Waals surface area contributed by atoms with Crippen molar-refractivity contribution in [2.75, 3.05) is 0 Å². The molecule has 20 heavy (non-hydrogen) atoms. The number of halogens is 4. The molecule has 4 nitrogen and oxygen atoms in total. The summed E-state index contributed by atoms with van der Waals surface area (Å²) in [6.45, 7) is 0. The van der Waals surface area contributed by atoms with E-state index in [-0.39, 0.29) is 28.9 Å². The smallest absolute Gasteiger partial charge is 0.389 e. The van der Waals surface area contributed by atoms with Gasteiger partial charge in [0.25, 0.3) is 0 Å². The maximum absolute atomic E-state index is 12.1. The number of pyridine rings is 1. The van der Waals surface area contributed by atoms with Crippen molar-refractivity contribution in [2.24, 2.45) is 0 Å². The zero-order valence-corrected chi connectivity index (χ0v) is 10.7. The van der Waals surface area contributed by atoms with Crippen LogP contribution in [-0.2, 0) is 6.42 Å². The van der Waals surface area contributed by atoms with Crippen LogP contribution in [-0.4, -0.2) is 16.1 Å². The number of nitrogens with zero attached hydrogens (tertiary/aromatic N) is 3. The average Bonchev–Trinajstić information content (AvgIpc) is 2.84. The molecule has 2 aromatic heterocycles. The highest BCUT2D eigenvalue weighted by atomic mass is 35.5. The SMILES string of the molecule is N#Cc1ccc(-c2cnc(CCC(F)(F)F)o2)c(Cl)n1. The van der Waals surface area contributed by atoms with E-state index >= 15 is 0 Å². The summed E-state index contributed by atoms with van der Waals surface area (Å²) in [5, 5.41) is 8.69. The molecule has 8 heteroatoms. The standard InChI is InChI=1S/C12H7ClF3N3O/c13-11-8(2-1-7(5-17)19-11)9-6-18-10(20-9)3-4-12(14,15)16/h1-2,6H,3-4H2. The largest absolute Gasteiger partial charge is 0.441 e. The number of hydrogen-bond donors (Lipinski definition) is 0. The van der Waals surface area contributed by atoms with Gasteiger partial charge in [-0.1, -0.05) is 11.6 Å². The van der Waals surface area contributed by atoms with Gasteiger partial charge in [0.05, 0.1) is 18.2 Å². The Balaban J connectivity index is 2.19. The lowest BCUT2D eigenvalue weighted by atomic mass is 10.2. The Morgan fingerprint density at radius 1 is 1.35 bits per heavy atom. The van der Waals surface area contributed by atoms with Crippen molar-refractivity contribution >= 4 is 11.6 Å². The molecule has 2 aromatic rings. The van der Waals surface area contributed by atoms with Crippen LogP contribution >= 0.6 is 11.6 Å². The van der Waals surface area contributed by atoms with Gasteiger partial charge in [0.1, 0.15) is 16.9 Å². The Labute approximate surface area is 116 Å². The highest BCUT2D eigenvalue weighted by Crippen LogP contribution is 2.28. The quantitative estimate of drug-likeness (QED) is 0.810. The zero-order chi connectivity index (χ0) is 14.8. The Morgan fingerprint density at radius 2 is 2.10 bits per heavy atom. The lowest BCUT2D eigenvalue weighted by Crippen LogP contribution is -2.08. The van der Waals surface area contributed by atoms with Crippen molar-refractivity contribution in [2.45, 2.75) is 19.0 Å². The molecule has 104 valence electrons. The van der Waals surface area contributed by atoms with Gasteiger partial charge in [-0.3, -0.25) is 0 Å². The van der Waals surface area contributed by atoms with Crippen molar-refractivity contribution in [3.8, 4) is 17.4 Å². The van der Waals surface area contributed by atoms with Gasteiger partial charge < -0.3 is 4.42 Å². The first-order chi connectivity index (χ1) is 9.39. The maximum Gasteiger partial charge on any atom is 0.389 e. The van der Waals surface area contributed by atoms with E-state index in [4.69, 9.17) is 21.3 Å². The summed E-state index contributed by atoms with van der Waals surface area (Å²) in [5.41, 5.74) is 0.506. The molecule has 0 bridgehead atoms. The van der Waals surface area contributed by atoms with Crippen molar-refractivity contribution in [1.29, 1.82) is 5.26 Å². The number of aryl methyl sites for hydroxylation is 1. The highest BCUT2D eigenvalue weighted by Gasteiger charge is 2.27. The van der Waals surface area contributed by atoms with Gasteiger partial charge in [0.2, 0.25) is 0 Å². The van der Waals surface area contributed by atoms with E-state index in [2.05, 4.69) is 9.97 Å². The third-order valence-electron chi connectivity index (χ3n) is 2.40. The predicted octanol–water partition coefficient (Wildman–Crippen LogP) is 3.76. The molecule has 0 unspecified atom stereocenters. The molecule has 0 atom stereocenters. The van der Waals surface area contributed by atoms with Gasteiger partial charge in [-0.25, -0.2) is 9.97 Å². The van der Waals surface area contributed by atoms with Crippen LogP contribution in [0.15, 0.2) is 22.7 Å². The Morgan fingerprint density at radius 3 is 2.70 bits per heavy atom. The third-order valence-corrected chi connectivity index (χ3v) is 2.69. The van der Waals surface area contributed by atoms with Gasteiger partial charge in [-0.15, -0.1) is 0 Å². The molecule has 0 aliphatic rings. The molecule has 0 radical (unpaired) electrons. The van der Waals surface area contributed by atoms with E-state index in [0.29, 0.717) is 5.56 Å². The van der Waals surface area contributed by atoms with E-state index in [0.717, 1.165) is 0 Å². The highest BCUT2D eigenvalue weighted by molar-refractivity contribution is 6.32. The van der Waals surface area contributed by atoms with E-state index in [9.17, 15) is 13.2 Å². The molecule has 0 amide bonds. The van der Waals surface area contributed by atoms with Gasteiger partial charge >= 0.3 is 6.18 Å². The first kappa shape index (κ1) is 14.3. The molecule has 0 aliphatic heterocycles. The van der Waals surface area contributed by atoms with Crippen LogP contribution in [0.5, 0.6) is 0 Å². The predicted molar refractivity (Wildman–Crippen MR) is 63.8 cm³/mol. The van der Waals surface area contributed by atoms with Crippen molar-refractivity contribution in [3.63, 3.8) is 0 Å². The van der Waals surface area contributed by atoms with E-state index in [1.807, 2.05) is 6.07 Å². The second kappa shape index (κ2) is 5.51. The zero-order valence-electron chi connectivity index (χ0n) is 9.91. The summed E-state index contributed by atoms with van der Waals surface area (Å²) in [5.74, 6) is 0.182. The molecule has 2 heterocycles. The van der Waals surface area contributed by atoms with E-state index in [1.165, 1.54) is 18.3 Å². The number of aromatic nitrogens is 2. The van der Waals surface area contributed by atoms with Crippen LogP contribution in [0.4, 0.5) is 13.2 Å². The Hall–Kier alpha value is -2.07. The summed E-state index contributed by atoms with van der Waals surface area (Å²) in [4.78, 5) is 7.56. The molecule has 0 N–H and O–H groups in total. The molecule has 0 spiro atoms. The van der Waals surface area contributed by atoms with Gasteiger partial charge in [0.15, 0.2) is 11.7 Å². The maximum atomic E-state index is 12.1. The second-order valence-corrected chi connectivity index (χ2v) is 4.24. The van der Waals surface area contributed by atoms with E-state index < -0.39 is 12.6 Å². The molecular weight excluding hydrogens is 295 g/mol. The summed E-state index contributed by atoms with van der Waals surface area (Å²) >= 11 is 5.87. The van der Waals surface area contributed by atoms with Gasteiger partial charge in [-0.2, -0.15) is 18.4 Å². The average molecular weight is 302 g/mol. The minimum absolute atomic E-state index is 0.0299. The molecular formula is C12H7ClF3N3O. The first-order valence-corrected chi connectivity index (χ1v) is 5.85. The fourth-order valence-electron chi connectivity index (χ4n) is 1.48. The number of oxazole rings is 1. The lowest BCUT2D eigenvalue weighted by molar-refractivity contribution is -0.134. The minimum atomic E-state index is -4.26. The van der Waals surface area contributed by atoms with Crippen LogP contribution in [0, 0.1) is 11.3 Å². The monoisotopic (exact) mass is 301 g/mol. The van der Waals surface area contributed by atoms with Crippen molar-refractivity contribution in [3.05, 3.63) is 35.1 Å². The molecule has 0 fully saturated rings. The van der Waals surface area contributed by atoms with Crippen LogP contribution < -0.4 is 0 Å². The second-order valence-electron chi connectivity index (χ2n) is 3.88. The van der Waals surface area contributed by atoms with Crippen LogP contribution in [0.2, 0.25) is 5.15 Å². The summed E-state index contributed by atoms with van der Waals surface area (Å²) in [6.07, 6.45) is -4.33. The Kier molecular flexibility index (Phi) is 3.95. The normalized spacial score (nSPS) is 11.3. The molecule has 0 aromatic carbocycles. The van der Waals surface area contributed by atoms with Gasteiger partial charge in [0, 0.05) is 6.42 Å². The lowest BCUT2D eigenvalue weighted by Gasteiger charge is -2.03. The number of alkyl halides is 3. The van der Waals surface area contributed by atoms with Crippen molar-refractivity contribution in [1.82, 2.24) is 9.97 Å². The molecule has 2 rings (SSSR count). The Bertz CT molecular complexity index is 661. The third kappa shape index (κ3) is 3.48. The van der Waals surface area contributed by atoms with Crippen molar-refractivity contribution < 1.29 is 17.6 Å². The number of hydrogen-bond acceptors (Lipinski definition) is 4. The molecule has 0 saturated heterocycles. The number of rotatable bonds is 3. The number of nitriles is 1. The minimum Gasteiger partial charge on any atom is -0.441 e. The fourth-order valence-corrected chi connectivity index (χ4v) is 1.73. The molecule has 0 aliphatic carbocycles. The van der Waals surface area contributed by atoms with Crippen LogP contribution in [0.25, 0.3) is 11.3 Å². The van der Waals surface area contributed by atoms with E-state index in [1.54, 1.807) is 0 Å². The fraction of sp³-hybridized carbons (Fsp3) is 0.250. The van der Waals surface area contributed by atoms with Crippen LogP contribution in [0.3, 0.4) is 0 Å². The topological polar surface area (TPSA) is 62.7 Å². The summed E-state index contributed by atoms with van der Waals surface area (Å²) in [7, 11) is 0. The summed E-state index contributed by atoms with van der Waals surface area (Å²) < 4.78 is 41.5.